The van der Waals surface area contributed by atoms with E-state index in [9.17, 15) is 24.9 Å². The largest absolute Gasteiger partial charge is 0.508 e. The lowest BCUT2D eigenvalue weighted by Gasteiger charge is -2.34. The predicted molar refractivity (Wildman–Crippen MR) is 102 cm³/mol. The van der Waals surface area contributed by atoms with Gasteiger partial charge >= 0.3 is 0 Å². The van der Waals surface area contributed by atoms with E-state index in [2.05, 4.69) is 0 Å². The minimum absolute atomic E-state index is 0.258. The first-order valence-electron chi connectivity index (χ1n) is 9.90. The Balaban J connectivity index is 3.29. The molecule has 0 aromatic rings. The second-order valence-electron chi connectivity index (χ2n) is 8.60. The highest BCUT2D eigenvalue weighted by atomic mass is 16.4. The Morgan fingerprint density at radius 3 is 2.08 bits per heavy atom. The zero-order valence-electron chi connectivity index (χ0n) is 17.1. The predicted octanol–water partition coefficient (Wildman–Crippen LogP) is 3.58. The smallest absolute Gasteiger partial charge is 0.176 e. The molecule has 1 unspecified atom stereocenters. The van der Waals surface area contributed by atoms with E-state index in [4.69, 9.17) is 0 Å². The van der Waals surface area contributed by atoms with E-state index >= 15 is 0 Å². The van der Waals surface area contributed by atoms with Gasteiger partial charge in [0.25, 0.3) is 0 Å². The van der Waals surface area contributed by atoms with Gasteiger partial charge in [0.15, 0.2) is 17.2 Å². The van der Waals surface area contributed by atoms with Crippen LogP contribution in [0.4, 0.5) is 0 Å². The third-order valence-corrected chi connectivity index (χ3v) is 5.57. The van der Waals surface area contributed by atoms with Gasteiger partial charge < -0.3 is 15.3 Å². The van der Waals surface area contributed by atoms with Crippen molar-refractivity contribution in [3.63, 3.8) is 0 Å². The van der Waals surface area contributed by atoms with E-state index in [0.29, 0.717) is 37.5 Å². The molecule has 0 bridgehead atoms. The third-order valence-electron chi connectivity index (χ3n) is 5.57. The van der Waals surface area contributed by atoms with Crippen LogP contribution in [-0.2, 0) is 9.59 Å². The molecule has 4 atom stereocenters. The monoisotopic (exact) mass is 368 g/mol. The van der Waals surface area contributed by atoms with Gasteiger partial charge in [0.1, 0.15) is 11.3 Å². The Kier molecular flexibility index (Phi) is 8.03. The number of hydrogen-bond donors (Lipinski definition) is 3. The fourth-order valence-corrected chi connectivity index (χ4v) is 3.48. The minimum atomic E-state index is -2.07. The molecule has 5 nitrogen and oxygen atoms in total. The van der Waals surface area contributed by atoms with Gasteiger partial charge in [-0.25, -0.2) is 0 Å². The Bertz CT molecular complexity index is 549. The quantitative estimate of drug-likeness (QED) is 0.512. The van der Waals surface area contributed by atoms with Crippen LogP contribution in [-0.4, -0.2) is 38.6 Å². The number of rotatable bonds is 10. The van der Waals surface area contributed by atoms with Crippen molar-refractivity contribution < 1.29 is 24.9 Å². The summed E-state index contributed by atoms with van der Waals surface area (Å²) in [6, 6.07) is 0. The summed E-state index contributed by atoms with van der Waals surface area (Å²) >= 11 is 0. The highest BCUT2D eigenvalue weighted by Gasteiger charge is 2.58. The first-order chi connectivity index (χ1) is 12.0. The summed E-state index contributed by atoms with van der Waals surface area (Å²) in [5.41, 5.74) is -2.38. The summed E-state index contributed by atoms with van der Waals surface area (Å²) in [6.45, 7) is 11.5. The van der Waals surface area contributed by atoms with Crippen molar-refractivity contribution in [1.29, 1.82) is 0 Å². The number of carbonyl (C=O) groups excluding carboxylic acids is 2. The first kappa shape index (κ1) is 22.8. The summed E-state index contributed by atoms with van der Waals surface area (Å²) in [7, 11) is 0. The van der Waals surface area contributed by atoms with E-state index in [0.717, 1.165) is 0 Å². The van der Waals surface area contributed by atoms with Gasteiger partial charge in [-0.05, 0) is 37.5 Å². The van der Waals surface area contributed by atoms with Crippen molar-refractivity contribution in [2.45, 2.75) is 85.4 Å². The number of Topliss-reactive ketones (excluding diaryl/α,β-unsaturated/α-hetero) is 2. The highest BCUT2D eigenvalue weighted by Crippen LogP contribution is 2.44. The summed E-state index contributed by atoms with van der Waals surface area (Å²) < 4.78 is 0. The van der Waals surface area contributed by atoms with Crippen molar-refractivity contribution in [3.8, 4) is 0 Å². The number of aliphatic hydroxyl groups excluding tert-OH is 2. The fraction of sp³-hybridized carbons (Fsp3) is 0.810. The number of allylic oxidation sites excluding steroid dienone is 1. The van der Waals surface area contributed by atoms with Crippen LogP contribution in [0, 0.1) is 23.7 Å². The van der Waals surface area contributed by atoms with Crippen LogP contribution in [0.1, 0.15) is 73.6 Å². The number of ketones is 2. The molecule has 0 spiro atoms. The zero-order chi connectivity index (χ0) is 20.2. The highest BCUT2D eigenvalue weighted by molar-refractivity contribution is 6.24. The van der Waals surface area contributed by atoms with Crippen LogP contribution in [0.3, 0.4) is 0 Å². The van der Waals surface area contributed by atoms with E-state index in [1.165, 1.54) is 0 Å². The molecule has 0 saturated heterocycles. The molecule has 1 rings (SSSR count). The summed E-state index contributed by atoms with van der Waals surface area (Å²) in [5, 5.41) is 32.6. The van der Waals surface area contributed by atoms with E-state index < -0.39 is 40.9 Å². The van der Waals surface area contributed by atoms with Gasteiger partial charge in [0, 0.05) is 5.92 Å². The Labute approximate surface area is 157 Å². The van der Waals surface area contributed by atoms with E-state index in [-0.39, 0.29) is 12.0 Å². The van der Waals surface area contributed by atoms with Crippen LogP contribution in [0.5, 0.6) is 0 Å². The number of carbonyl (C=O) groups is 2. The van der Waals surface area contributed by atoms with Gasteiger partial charge in [-0.1, -0.05) is 48.0 Å². The summed E-state index contributed by atoms with van der Waals surface area (Å²) in [4.78, 5) is 25.6. The first-order valence-corrected chi connectivity index (χ1v) is 9.90. The van der Waals surface area contributed by atoms with Gasteiger partial charge in [-0.2, -0.15) is 0 Å². The molecule has 5 heteroatoms. The van der Waals surface area contributed by atoms with Crippen molar-refractivity contribution in [3.05, 3.63) is 11.3 Å². The molecule has 26 heavy (non-hydrogen) atoms. The van der Waals surface area contributed by atoms with Crippen molar-refractivity contribution in [1.82, 2.24) is 0 Å². The standard InChI is InChI=1S/C21H36O5/c1-7-14(6)18(23)17-19(24)15(10-8-12(2)3)21(26,20(17)25)16(22)11-9-13(4)5/h12-16,22,25-26H,7-11H2,1-6H3/t14?,15-,16+,21+/m0/s1. The maximum absolute atomic E-state index is 12.9. The molecule has 0 radical (unpaired) electrons. The Morgan fingerprint density at radius 2 is 1.62 bits per heavy atom. The fourth-order valence-electron chi connectivity index (χ4n) is 3.48. The molecule has 0 aromatic heterocycles. The molecule has 0 fully saturated rings. The number of hydrogen-bond acceptors (Lipinski definition) is 5. The Morgan fingerprint density at radius 1 is 1.08 bits per heavy atom. The molecular weight excluding hydrogens is 332 g/mol. The zero-order valence-corrected chi connectivity index (χ0v) is 17.1. The normalized spacial score (nSPS) is 26.1. The lowest BCUT2D eigenvalue weighted by Crippen LogP contribution is -2.49. The summed E-state index contributed by atoms with van der Waals surface area (Å²) in [6.07, 6.45) is 1.15. The van der Waals surface area contributed by atoms with Crippen molar-refractivity contribution in [2.75, 3.05) is 0 Å². The minimum Gasteiger partial charge on any atom is -0.508 e. The lowest BCUT2D eigenvalue weighted by atomic mass is 9.78. The maximum atomic E-state index is 12.9. The molecular formula is C21H36O5. The average Bonchev–Trinajstić information content (AvgIpc) is 2.76. The molecule has 0 aromatic carbocycles. The van der Waals surface area contributed by atoms with Gasteiger partial charge in [-0.3, -0.25) is 9.59 Å². The molecule has 0 aliphatic heterocycles. The van der Waals surface area contributed by atoms with Crippen LogP contribution >= 0.6 is 0 Å². The molecule has 1 aliphatic rings. The van der Waals surface area contributed by atoms with Gasteiger partial charge in [0.2, 0.25) is 0 Å². The average molecular weight is 369 g/mol. The molecule has 3 N–H and O–H groups in total. The molecule has 150 valence electrons. The summed E-state index contributed by atoms with van der Waals surface area (Å²) in [5.74, 6) is -2.39. The van der Waals surface area contributed by atoms with Crippen LogP contribution < -0.4 is 0 Å². The van der Waals surface area contributed by atoms with Crippen molar-refractivity contribution >= 4 is 11.6 Å². The van der Waals surface area contributed by atoms with Crippen molar-refractivity contribution in [2.24, 2.45) is 23.7 Å². The van der Waals surface area contributed by atoms with Gasteiger partial charge in [0.05, 0.1) is 12.0 Å². The second-order valence-corrected chi connectivity index (χ2v) is 8.60. The van der Waals surface area contributed by atoms with E-state index in [1.807, 2.05) is 34.6 Å². The van der Waals surface area contributed by atoms with Crippen LogP contribution in [0.25, 0.3) is 0 Å². The Hall–Kier alpha value is -1.20. The SMILES string of the molecule is CCC(C)C(=O)C1=C(O)[C@](O)([C@H](O)CCC(C)C)[C@@H](CCC(C)C)C1=O. The van der Waals surface area contributed by atoms with Crippen LogP contribution in [0.2, 0.25) is 0 Å². The second kappa shape index (κ2) is 9.14. The molecule has 0 saturated carbocycles. The van der Waals surface area contributed by atoms with E-state index in [1.54, 1.807) is 6.92 Å². The third kappa shape index (κ3) is 4.55. The maximum Gasteiger partial charge on any atom is 0.176 e. The molecule has 0 heterocycles. The lowest BCUT2D eigenvalue weighted by molar-refractivity contribution is -0.137. The molecule has 1 aliphatic carbocycles. The topological polar surface area (TPSA) is 94.8 Å². The number of aliphatic hydroxyl groups is 3. The van der Waals surface area contributed by atoms with Crippen LogP contribution in [0.15, 0.2) is 11.3 Å². The molecule has 0 amide bonds. The van der Waals surface area contributed by atoms with Gasteiger partial charge in [-0.15, -0.1) is 0 Å².